The Morgan fingerprint density at radius 3 is 2.71 bits per heavy atom. The number of halogens is 2. The summed E-state index contributed by atoms with van der Waals surface area (Å²) in [5.74, 6) is 0.919. The number of hydrogen-bond acceptors (Lipinski definition) is 5. The van der Waals surface area contributed by atoms with Crippen molar-refractivity contribution in [2.75, 3.05) is 6.54 Å². The molecule has 0 aliphatic heterocycles. The Morgan fingerprint density at radius 1 is 1.23 bits per heavy atom. The molecule has 2 heterocycles. The fraction of sp³-hybridized carbons (Fsp3) is 0.545. The van der Waals surface area contributed by atoms with E-state index in [1.807, 2.05) is 22.5 Å². The number of tetrazole rings is 1. The molecule has 0 saturated heterocycles. The lowest BCUT2D eigenvalue weighted by molar-refractivity contribution is 0.412. The highest BCUT2D eigenvalue weighted by Crippen LogP contribution is 2.32. The van der Waals surface area contributed by atoms with Gasteiger partial charge in [-0.15, -0.1) is 5.10 Å². The fourth-order valence-electron chi connectivity index (χ4n) is 4.27. The van der Waals surface area contributed by atoms with Gasteiger partial charge >= 0.3 is 0 Å². The monoisotopic (exact) mass is 489 g/mol. The lowest BCUT2D eigenvalue weighted by atomic mass is 10.1. The maximum Gasteiger partial charge on any atom is 0.174 e. The number of aryl methyl sites for hydroxylation is 1. The number of benzene rings is 1. The van der Waals surface area contributed by atoms with Crippen LogP contribution in [0.3, 0.4) is 0 Å². The van der Waals surface area contributed by atoms with E-state index >= 15 is 0 Å². The van der Waals surface area contributed by atoms with Gasteiger partial charge in [0.1, 0.15) is 11.9 Å². The zero-order valence-corrected chi connectivity index (χ0v) is 19.8. The predicted molar refractivity (Wildman–Crippen MR) is 120 cm³/mol. The van der Waals surface area contributed by atoms with Gasteiger partial charge in [-0.25, -0.2) is 9.07 Å². The van der Waals surface area contributed by atoms with Gasteiger partial charge in [0.25, 0.3) is 0 Å². The van der Waals surface area contributed by atoms with Crippen molar-refractivity contribution < 1.29 is 4.39 Å². The van der Waals surface area contributed by atoms with E-state index in [1.54, 1.807) is 6.07 Å². The van der Waals surface area contributed by atoms with Crippen LogP contribution in [0, 0.1) is 5.82 Å². The summed E-state index contributed by atoms with van der Waals surface area (Å²) in [4.78, 5) is 0. The quantitative estimate of drug-likeness (QED) is 0.505. The molecule has 7 nitrogen and oxygen atoms in total. The number of hydrogen-bond donors (Lipinski definition) is 1. The van der Waals surface area contributed by atoms with Crippen molar-refractivity contribution in [3.8, 4) is 0 Å². The third kappa shape index (κ3) is 4.87. The summed E-state index contributed by atoms with van der Waals surface area (Å²) in [6, 6.07) is 7.26. The molecule has 1 aliphatic rings. The van der Waals surface area contributed by atoms with E-state index in [9.17, 15) is 4.39 Å². The molecular formula is C22H29BrFN7. The molecule has 4 rings (SSSR count). The van der Waals surface area contributed by atoms with E-state index in [0.29, 0.717) is 30.5 Å². The lowest BCUT2D eigenvalue weighted by Gasteiger charge is -2.21. The maximum atomic E-state index is 14.2. The highest BCUT2D eigenvalue weighted by Gasteiger charge is 2.29. The van der Waals surface area contributed by atoms with Crippen LogP contribution in [0.25, 0.3) is 0 Å². The summed E-state index contributed by atoms with van der Waals surface area (Å²) in [7, 11) is 1.95. The smallest absolute Gasteiger partial charge is 0.174 e. The third-order valence-electron chi connectivity index (χ3n) is 6.02. The van der Waals surface area contributed by atoms with Gasteiger partial charge in [-0.2, -0.15) is 5.10 Å². The Hall–Kier alpha value is -2.13. The van der Waals surface area contributed by atoms with Crippen molar-refractivity contribution in [3.63, 3.8) is 0 Å². The number of nitrogens with one attached hydrogen (secondary N) is 1. The minimum atomic E-state index is -0.226. The topological polar surface area (TPSA) is 73.5 Å². The number of aromatic nitrogens is 6. The number of rotatable bonds is 8. The van der Waals surface area contributed by atoms with Crippen LogP contribution in [0.15, 0.2) is 28.7 Å². The van der Waals surface area contributed by atoms with E-state index < -0.39 is 0 Å². The molecule has 0 bridgehead atoms. The molecule has 1 fully saturated rings. The maximum absolute atomic E-state index is 14.2. The molecule has 3 aromatic rings. The highest BCUT2D eigenvalue weighted by molar-refractivity contribution is 9.10. The van der Waals surface area contributed by atoms with Gasteiger partial charge in [0.15, 0.2) is 5.82 Å². The molecule has 1 N–H and O–H groups in total. The second-order valence-corrected chi connectivity index (χ2v) is 9.48. The molecule has 1 aromatic carbocycles. The zero-order chi connectivity index (χ0) is 22.0. The van der Waals surface area contributed by atoms with Crippen LogP contribution in [0.2, 0.25) is 0 Å². The van der Waals surface area contributed by atoms with E-state index in [4.69, 9.17) is 5.10 Å². The van der Waals surface area contributed by atoms with Gasteiger partial charge in [-0.3, -0.25) is 4.68 Å². The van der Waals surface area contributed by atoms with Crippen LogP contribution in [0.5, 0.6) is 0 Å². The van der Waals surface area contributed by atoms with Crippen LogP contribution in [0.4, 0.5) is 4.39 Å². The Kier molecular flexibility index (Phi) is 6.81. The zero-order valence-electron chi connectivity index (χ0n) is 18.2. The Labute approximate surface area is 190 Å². The minimum absolute atomic E-state index is 0.194. The molecule has 9 heteroatoms. The molecule has 0 amide bonds. The van der Waals surface area contributed by atoms with E-state index in [0.717, 1.165) is 34.5 Å². The van der Waals surface area contributed by atoms with Gasteiger partial charge in [-0.05, 0) is 65.4 Å². The van der Waals surface area contributed by atoms with Crippen LogP contribution in [0.1, 0.15) is 80.3 Å². The van der Waals surface area contributed by atoms with Crippen molar-refractivity contribution in [2.45, 2.75) is 64.0 Å². The first kappa shape index (κ1) is 22.1. The Bertz CT molecular complexity index is 1020. The second-order valence-electron chi connectivity index (χ2n) is 8.57. The normalized spacial score (nSPS) is 15.8. The molecule has 166 valence electrons. The number of nitrogens with zero attached hydrogens (tertiary/aromatic N) is 6. The summed E-state index contributed by atoms with van der Waals surface area (Å²) in [6.45, 7) is 4.85. The fourth-order valence-corrected chi connectivity index (χ4v) is 4.68. The average Bonchev–Trinajstić information content (AvgIpc) is 3.48. The van der Waals surface area contributed by atoms with Crippen LogP contribution < -0.4 is 5.32 Å². The van der Waals surface area contributed by atoms with Gasteiger partial charge in [0.2, 0.25) is 0 Å². The largest absolute Gasteiger partial charge is 0.302 e. The molecule has 0 spiro atoms. The third-order valence-corrected chi connectivity index (χ3v) is 6.51. The first-order valence-electron chi connectivity index (χ1n) is 10.9. The van der Waals surface area contributed by atoms with Crippen LogP contribution >= 0.6 is 15.9 Å². The van der Waals surface area contributed by atoms with Crippen molar-refractivity contribution in [3.05, 3.63) is 57.3 Å². The van der Waals surface area contributed by atoms with Crippen molar-refractivity contribution in [2.24, 2.45) is 7.05 Å². The van der Waals surface area contributed by atoms with Crippen LogP contribution in [-0.4, -0.2) is 36.5 Å². The molecule has 1 aliphatic carbocycles. The molecule has 0 radical (unpaired) electrons. The van der Waals surface area contributed by atoms with Gasteiger partial charge in [-0.1, -0.05) is 42.6 Å². The average molecular weight is 490 g/mol. The summed E-state index contributed by atoms with van der Waals surface area (Å²) in [5.41, 5.74) is 2.71. The summed E-state index contributed by atoms with van der Waals surface area (Å²) in [5, 5.41) is 21.0. The molecular weight excluding hydrogens is 461 g/mol. The van der Waals surface area contributed by atoms with Crippen molar-refractivity contribution >= 4 is 15.9 Å². The Morgan fingerprint density at radius 2 is 2.00 bits per heavy atom. The SMILES string of the molecule is CC(C)c1cc(C(NCCc2cc(Br)ccc2F)c2nnnn2C2CCCC2)n(C)n1. The van der Waals surface area contributed by atoms with Crippen LogP contribution in [-0.2, 0) is 13.5 Å². The second kappa shape index (κ2) is 9.56. The molecule has 1 unspecified atom stereocenters. The van der Waals surface area contributed by atoms with Crippen molar-refractivity contribution in [1.82, 2.24) is 35.3 Å². The minimum Gasteiger partial charge on any atom is -0.302 e. The molecule has 2 aromatic heterocycles. The molecule has 1 atom stereocenters. The summed E-state index contributed by atoms with van der Waals surface area (Å²) in [6.07, 6.45) is 5.15. The van der Waals surface area contributed by atoms with Crippen molar-refractivity contribution in [1.29, 1.82) is 0 Å². The first-order chi connectivity index (χ1) is 14.9. The van der Waals surface area contributed by atoms with E-state index in [1.165, 1.54) is 18.9 Å². The summed E-state index contributed by atoms with van der Waals surface area (Å²) < 4.78 is 19.0. The lowest BCUT2D eigenvalue weighted by Crippen LogP contribution is -2.30. The first-order valence-corrected chi connectivity index (χ1v) is 11.7. The predicted octanol–water partition coefficient (Wildman–Crippen LogP) is 4.47. The highest BCUT2D eigenvalue weighted by atomic mass is 79.9. The van der Waals surface area contributed by atoms with Gasteiger partial charge in [0, 0.05) is 18.1 Å². The molecule has 31 heavy (non-hydrogen) atoms. The molecule has 1 saturated carbocycles. The van der Waals surface area contributed by atoms with Gasteiger partial charge < -0.3 is 5.32 Å². The standard InChI is InChI=1S/C22H29BrFN7/c1-14(2)19-13-20(30(3)27-19)21(22-26-28-29-31(22)17-6-4-5-7-17)25-11-10-15-12-16(23)8-9-18(15)24/h8-9,12-14,17,21,25H,4-7,10-11H2,1-3H3. The van der Waals surface area contributed by atoms with Gasteiger partial charge in [0.05, 0.1) is 17.4 Å². The van der Waals surface area contributed by atoms with E-state index in [-0.39, 0.29) is 11.9 Å². The van der Waals surface area contributed by atoms with E-state index in [2.05, 4.69) is 56.7 Å². The summed E-state index contributed by atoms with van der Waals surface area (Å²) >= 11 is 3.43. The Balaban J connectivity index is 1.62.